The molecule has 1 amide bonds. The fraction of sp³-hybridized carbons (Fsp3) is 0.867. The summed E-state index contributed by atoms with van der Waals surface area (Å²) >= 11 is 0. The second-order valence-electron chi connectivity index (χ2n) is 6.54. The summed E-state index contributed by atoms with van der Waals surface area (Å²) in [6, 6.07) is 0. The number of amides is 1. The summed E-state index contributed by atoms with van der Waals surface area (Å²) in [7, 11) is 1.32. The zero-order valence-electron chi connectivity index (χ0n) is 12.0. The minimum atomic E-state index is -0.490. The maximum atomic E-state index is 12.3. The molecule has 4 fully saturated rings. The lowest BCUT2D eigenvalue weighted by molar-refractivity contribution is -0.162. The van der Waals surface area contributed by atoms with Crippen LogP contribution >= 0.6 is 0 Å². The molecule has 4 aliphatic carbocycles. The van der Waals surface area contributed by atoms with Crippen molar-refractivity contribution in [2.45, 2.75) is 32.1 Å². The van der Waals surface area contributed by atoms with Gasteiger partial charge in [-0.15, -0.1) is 0 Å². The van der Waals surface area contributed by atoms with Crippen LogP contribution in [0, 0.1) is 29.6 Å². The van der Waals surface area contributed by atoms with Crippen LogP contribution in [-0.4, -0.2) is 32.3 Å². The SMILES string of the molecule is COC(=O)NCCOC(=O)C1C2CC3CC(C2)CC1C3. The van der Waals surface area contributed by atoms with Crippen LogP contribution in [0.4, 0.5) is 4.79 Å². The molecule has 4 rings (SSSR count). The van der Waals surface area contributed by atoms with Crippen molar-refractivity contribution >= 4 is 12.1 Å². The molecule has 0 aromatic heterocycles. The van der Waals surface area contributed by atoms with Crippen LogP contribution in [-0.2, 0) is 14.3 Å². The molecule has 5 heteroatoms. The molecule has 112 valence electrons. The van der Waals surface area contributed by atoms with Crippen LogP contribution in [0.25, 0.3) is 0 Å². The minimum absolute atomic E-state index is 0.0505. The average molecular weight is 281 g/mol. The first kappa shape index (κ1) is 13.7. The predicted octanol–water partition coefficient (Wildman–Crippen LogP) is 1.96. The molecule has 4 bridgehead atoms. The molecule has 0 radical (unpaired) electrons. The van der Waals surface area contributed by atoms with Crippen molar-refractivity contribution < 1.29 is 19.1 Å². The van der Waals surface area contributed by atoms with Crippen LogP contribution in [0.3, 0.4) is 0 Å². The van der Waals surface area contributed by atoms with Crippen molar-refractivity contribution in [3.05, 3.63) is 0 Å². The normalized spacial score (nSPS) is 37.5. The molecular formula is C15H23NO4. The van der Waals surface area contributed by atoms with E-state index in [1.807, 2.05) is 0 Å². The number of esters is 1. The highest BCUT2D eigenvalue weighted by atomic mass is 16.5. The maximum Gasteiger partial charge on any atom is 0.406 e. The number of ether oxygens (including phenoxy) is 2. The molecule has 4 aliphatic rings. The van der Waals surface area contributed by atoms with E-state index in [0.29, 0.717) is 18.4 Å². The van der Waals surface area contributed by atoms with E-state index in [-0.39, 0.29) is 18.5 Å². The lowest BCUT2D eigenvalue weighted by Crippen LogP contribution is -2.48. The highest BCUT2D eigenvalue weighted by Crippen LogP contribution is 2.56. The van der Waals surface area contributed by atoms with Crippen LogP contribution in [0.15, 0.2) is 0 Å². The zero-order valence-corrected chi connectivity index (χ0v) is 12.0. The number of methoxy groups -OCH3 is 1. The summed E-state index contributed by atoms with van der Waals surface area (Å²) in [5.41, 5.74) is 0. The third-order valence-electron chi connectivity index (χ3n) is 5.30. The van der Waals surface area contributed by atoms with Gasteiger partial charge in [0.15, 0.2) is 0 Å². The summed E-state index contributed by atoms with van der Waals surface area (Å²) < 4.78 is 9.81. The molecule has 0 heterocycles. The van der Waals surface area contributed by atoms with Gasteiger partial charge in [0.05, 0.1) is 19.6 Å². The number of carbonyl (C=O) groups excluding carboxylic acids is 2. The van der Waals surface area contributed by atoms with E-state index in [0.717, 1.165) is 11.8 Å². The van der Waals surface area contributed by atoms with E-state index in [2.05, 4.69) is 10.1 Å². The van der Waals surface area contributed by atoms with Crippen molar-refractivity contribution in [1.82, 2.24) is 5.32 Å². The Bertz CT molecular complexity index is 367. The van der Waals surface area contributed by atoms with Gasteiger partial charge < -0.3 is 14.8 Å². The molecule has 0 atom stereocenters. The van der Waals surface area contributed by atoms with E-state index in [1.165, 1.54) is 39.2 Å². The van der Waals surface area contributed by atoms with Crippen molar-refractivity contribution in [1.29, 1.82) is 0 Å². The number of hydrogen-bond acceptors (Lipinski definition) is 4. The smallest absolute Gasteiger partial charge is 0.406 e. The highest BCUT2D eigenvalue weighted by molar-refractivity contribution is 5.73. The van der Waals surface area contributed by atoms with Gasteiger partial charge in [-0.3, -0.25) is 4.79 Å². The molecule has 20 heavy (non-hydrogen) atoms. The lowest BCUT2D eigenvalue weighted by Gasteiger charge is -2.53. The number of carbonyl (C=O) groups is 2. The van der Waals surface area contributed by atoms with Gasteiger partial charge in [-0.1, -0.05) is 0 Å². The number of rotatable bonds is 4. The van der Waals surface area contributed by atoms with Crippen LogP contribution in [0.1, 0.15) is 32.1 Å². The van der Waals surface area contributed by atoms with E-state index < -0.39 is 6.09 Å². The van der Waals surface area contributed by atoms with Gasteiger partial charge in [-0.05, 0) is 55.8 Å². The van der Waals surface area contributed by atoms with Crippen molar-refractivity contribution in [2.24, 2.45) is 29.6 Å². The molecule has 0 saturated heterocycles. The topological polar surface area (TPSA) is 64.6 Å². The number of nitrogens with one attached hydrogen (secondary N) is 1. The molecule has 1 N–H and O–H groups in total. The third kappa shape index (κ3) is 2.63. The van der Waals surface area contributed by atoms with Crippen LogP contribution < -0.4 is 5.32 Å². The van der Waals surface area contributed by atoms with Crippen LogP contribution in [0.5, 0.6) is 0 Å². The first-order valence-electron chi connectivity index (χ1n) is 7.65. The van der Waals surface area contributed by atoms with Crippen molar-refractivity contribution in [3.63, 3.8) is 0 Å². The van der Waals surface area contributed by atoms with E-state index in [4.69, 9.17) is 4.74 Å². The Hall–Kier alpha value is -1.26. The fourth-order valence-electron chi connectivity index (χ4n) is 4.78. The standard InChI is InChI=1S/C15H23NO4/c1-19-15(18)16-2-3-20-14(17)13-11-5-9-4-10(7-11)8-12(13)6-9/h9-13H,2-8H2,1H3,(H,16,18). The monoisotopic (exact) mass is 281 g/mol. The van der Waals surface area contributed by atoms with E-state index in [9.17, 15) is 9.59 Å². The second kappa shape index (κ2) is 5.62. The van der Waals surface area contributed by atoms with Gasteiger partial charge in [0.25, 0.3) is 0 Å². The van der Waals surface area contributed by atoms with Crippen LogP contribution in [0.2, 0.25) is 0 Å². The molecule has 5 nitrogen and oxygen atoms in total. The fourth-order valence-corrected chi connectivity index (χ4v) is 4.78. The number of hydrogen-bond donors (Lipinski definition) is 1. The summed E-state index contributed by atoms with van der Waals surface area (Å²) in [5.74, 6) is 2.89. The largest absolute Gasteiger partial charge is 0.464 e. The van der Waals surface area contributed by atoms with Gasteiger partial charge in [-0.2, -0.15) is 0 Å². The Kier molecular flexibility index (Phi) is 3.85. The van der Waals surface area contributed by atoms with Gasteiger partial charge in [-0.25, -0.2) is 4.79 Å². The predicted molar refractivity (Wildman–Crippen MR) is 71.9 cm³/mol. The highest BCUT2D eigenvalue weighted by Gasteiger charge is 2.51. The molecule has 4 saturated carbocycles. The zero-order chi connectivity index (χ0) is 14.1. The van der Waals surface area contributed by atoms with Gasteiger partial charge in [0.2, 0.25) is 0 Å². The third-order valence-corrected chi connectivity index (χ3v) is 5.30. The molecular weight excluding hydrogens is 258 g/mol. The average Bonchev–Trinajstić information content (AvgIpc) is 2.42. The molecule has 0 spiro atoms. The van der Waals surface area contributed by atoms with E-state index >= 15 is 0 Å². The Balaban J connectivity index is 1.47. The summed E-state index contributed by atoms with van der Waals surface area (Å²) in [6.07, 6.45) is 5.76. The first-order valence-corrected chi connectivity index (χ1v) is 7.65. The molecule has 0 aromatic rings. The summed E-state index contributed by atoms with van der Waals surface area (Å²) in [4.78, 5) is 23.2. The molecule has 0 aromatic carbocycles. The number of alkyl carbamates (subject to hydrolysis) is 1. The van der Waals surface area contributed by atoms with Gasteiger partial charge in [0.1, 0.15) is 6.61 Å². The first-order chi connectivity index (χ1) is 9.67. The van der Waals surface area contributed by atoms with Gasteiger partial charge in [0, 0.05) is 0 Å². The Morgan fingerprint density at radius 1 is 1.05 bits per heavy atom. The Morgan fingerprint density at radius 3 is 2.20 bits per heavy atom. The Morgan fingerprint density at radius 2 is 1.65 bits per heavy atom. The quantitative estimate of drug-likeness (QED) is 0.632. The maximum absolute atomic E-state index is 12.3. The minimum Gasteiger partial charge on any atom is -0.464 e. The van der Waals surface area contributed by atoms with Crippen molar-refractivity contribution in [2.75, 3.05) is 20.3 Å². The van der Waals surface area contributed by atoms with E-state index in [1.54, 1.807) is 0 Å². The molecule has 0 unspecified atom stereocenters. The lowest BCUT2D eigenvalue weighted by atomic mass is 9.52. The second-order valence-corrected chi connectivity index (χ2v) is 6.54. The Labute approximate surface area is 119 Å². The van der Waals surface area contributed by atoms with Crippen molar-refractivity contribution in [3.8, 4) is 0 Å². The summed E-state index contributed by atoms with van der Waals surface area (Å²) in [6.45, 7) is 0.544. The van der Waals surface area contributed by atoms with Gasteiger partial charge >= 0.3 is 12.1 Å². The molecule has 0 aliphatic heterocycles. The summed E-state index contributed by atoms with van der Waals surface area (Å²) in [5, 5.41) is 2.52.